The van der Waals surface area contributed by atoms with Crippen LogP contribution in [-0.4, -0.2) is 40.2 Å². The molecule has 0 heterocycles. The van der Waals surface area contributed by atoms with Crippen molar-refractivity contribution in [3.05, 3.63) is 65.8 Å². The maximum absolute atomic E-state index is 13.2. The SMILES string of the molecule is CCCCC/C=C\C/C=C\CCCCCCCC(=O)Oc1ccc(C(=O)c2cc(OC)c(OC)c(OC)c2)cc1OC. The van der Waals surface area contributed by atoms with Crippen LogP contribution in [0.2, 0.25) is 0 Å². The maximum atomic E-state index is 13.2. The molecule has 7 nitrogen and oxygen atoms in total. The van der Waals surface area contributed by atoms with E-state index in [-0.39, 0.29) is 17.5 Å². The van der Waals surface area contributed by atoms with Crippen molar-refractivity contribution in [2.75, 3.05) is 28.4 Å². The van der Waals surface area contributed by atoms with E-state index in [4.69, 9.17) is 23.7 Å². The van der Waals surface area contributed by atoms with Crippen LogP contribution in [-0.2, 0) is 4.79 Å². The number of ketones is 1. The van der Waals surface area contributed by atoms with Crippen molar-refractivity contribution >= 4 is 11.8 Å². The van der Waals surface area contributed by atoms with E-state index in [0.29, 0.717) is 40.5 Å². The molecule has 0 aliphatic heterocycles. The predicted octanol–water partition coefficient (Wildman–Crippen LogP) is 8.67. The molecular formula is C35H48O7. The summed E-state index contributed by atoms with van der Waals surface area (Å²) in [6.45, 7) is 2.23. The number of benzene rings is 2. The summed E-state index contributed by atoms with van der Waals surface area (Å²) in [5, 5.41) is 0. The molecule has 0 N–H and O–H groups in total. The second-order valence-electron chi connectivity index (χ2n) is 10.1. The molecule has 0 unspecified atom stereocenters. The number of carbonyl (C=O) groups excluding carboxylic acids is 2. The van der Waals surface area contributed by atoms with E-state index in [0.717, 1.165) is 38.5 Å². The average molecular weight is 581 g/mol. The lowest BCUT2D eigenvalue weighted by Crippen LogP contribution is -2.09. The molecule has 0 atom stereocenters. The lowest BCUT2D eigenvalue weighted by atomic mass is 10.0. The molecule has 0 saturated carbocycles. The molecule has 0 bridgehead atoms. The molecule has 0 aliphatic rings. The van der Waals surface area contributed by atoms with Gasteiger partial charge in [0, 0.05) is 17.5 Å². The van der Waals surface area contributed by atoms with Crippen molar-refractivity contribution in [2.24, 2.45) is 0 Å². The summed E-state index contributed by atoms with van der Waals surface area (Å²) in [6, 6.07) is 7.94. The summed E-state index contributed by atoms with van der Waals surface area (Å²) in [5.74, 6) is 1.17. The van der Waals surface area contributed by atoms with Crippen molar-refractivity contribution in [1.29, 1.82) is 0 Å². The molecule has 0 aliphatic carbocycles. The Morgan fingerprint density at radius 2 is 1.19 bits per heavy atom. The molecule has 2 aromatic rings. The summed E-state index contributed by atoms with van der Waals surface area (Å²) in [7, 11) is 5.96. The van der Waals surface area contributed by atoms with Crippen molar-refractivity contribution < 1.29 is 33.3 Å². The molecule has 2 rings (SSSR count). The first kappa shape index (κ1) is 34.5. The molecule has 0 fully saturated rings. The first-order valence-corrected chi connectivity index (χ1v) is 15.0. The molecule has 0 spiro atoms. The molecule has 2 aromatic carbocycles. The van der Waals surface area contributed by atoms with Gasteiger partial charge < -0.3 is 23.7 Å². The van der Waals surface area contributed by atoms with Gasteiger partial charge in [-0.25, -0.2) is 0 Å². The molecule has 0 saturated heterocycles. The van der Waals surface area contributed by atoms with E-state index in [1.807, 2.05) is 0 Å². The summed E-state index contributed by atoms with van der Waals surface area (Å²) in [4.78, 5) is 25.7. The fourth-order valence-electron chi connectivity index (χ4n) is 4.53. The number of carbonyl (C=O) groups is 2. The number of hydrogen-bond donors (Lipinski definition) is 0. The number of unbranched alkanes of at least 4 members (excludes halogenated alkanes) is 8. The smallest absolute Gasteiger partial charge is 0.311 e. The Kier molecular flexibility index (Phi) is 16.6. The normalized spacial score (nSPS) is 11.2. The summed E-state index contributed by atoms with van der Waals surface area (Å²) >= 11 is 0. The van der Waals surface area contributed by atoms with Gasteiger partial charge in [0.2, 0.25) is 5.75 Å². The highest BCUT2D eigenvalue weighted by atomic mass is 16.6. The summed E-state index contributed by atoms with van der Waals surface area (Å²) in [6.07, 6.45) is 21.8. The van der Waals surface area contributed by atoms with Crippen molar-refractivity contribution in [3.63, 3.8) is 0 Å². The zero-order valence-corrected chi connectivity index (χ0v) is 26.0. The molecule has 0 radical (unpaired) electrons. The molecular weight excluding hydrogens is 532 g/mol. The highest BCUT2D eigenvalue weighted by Crippen LogP contribution is 2.39. The zero-order valence-electron chi connectivity index (χ0n) is 26.0. The van der Waals surface area contributed by atoms with Gasteiger partial charge in [-0.15, -0.1) is 0 Å². The van der Waals surface area contributed by atoms with Crippen LogP contribution in [0.1, 0.15) is 99.9 Å². The fraction of sp³-hybridized carbons (Fsp3) is 0.486. The standard InChI is InChI=1S/C35H48O7/c1-6-7-8-9-10-11-12-13-14-15-16-17-18-19-20-21-33(36)42-29-23-22-27(24-30(29)38-2)34(37)28-25-31(39-3)35(41-5)32(26-28)40-4/h10-11,13-14,22-26H,6-9,12,15-21H2,1-5H3/b11-10-,14-13-. The van der Waals surface area contributed by atoms with Crippen LogP contribution in [0.5, 0.6) is 28.7 Å². The monoisotopic (exact) mass is 580 g/mol. The van der Waals surface area contributed by atoms with Crippen LogP contribution < -0.4 is 23.7 Å². The van der Waals surface area contributed by atoms with Crippen LogP contribution in [0.15, 0.2) is 54.6 Å². The Morgan fingerprint density at radius 3 is 1.79 bits per heavy atom. The van der Waals surface area contributed by atoms with E-state index in [2.05, 4.69) is 31.2 Å². The first-order chi connectivity index (χ1) is 20.5. The van der Waals surface area contributed by atoms with Gasteiger partial charge in [-0.1, -0.05) is 63.3 Å². The molecule has 0 aromatic heterocycles. The fourth-order valence-corrected chi connectivity index (χ4v) is 4.53. The lowest BCUT2D eigenvalue weighted by Gasteiger charge is -2.14. The minimum Gasteiger partial charge on any atom is -0.493 e. The first-order valence-electron chi connectivity index (χ1n) is 15.0. The van der Waals surface area contributed by atoms with Crippen molar-refractivity contribution in [2.45, 2.75) is 84.0 Å². The summed E-state index contributed by atoms with van der Waals surface area (Å²) in [5.41, 5.74) is 0.729. The third-order valence-electron chi connectivity index (χ3n) is 6.91. The Labute approximate surface area is 251 Å². The van der Waals surface area contributed by atoms with Crippen LogP contribution in [0.4, 0.5) is 0 Å². The largest absolute Gasteiger partial charge is 0.493 e. The van der Waals surface area contributed by atoms with Gasteiger partial charge in [0.05, 0.1) is 28.4 Å². The molecule has 0 amide bonds. The lowest BCUT2D eigenvalue weighted by molar-refractivity contribution is -0.134. The van der Waals surface area contributed by atoms with Gasteiger partial charge in [-0.3, -0.25) is 9.59 Å². The summed E-state index contributed by atoms with van der Waals surface area (Å²) < 4.78 is 27.0. The van der Waals surface area contributed by atoms with Gasteiger partial charge in [0.1, 0.15) is 0 Å². The Balaban J connectivity index is 1.77. The van der Waals surface area contributed by atoms with E-state index < -0.39 is 0 Å². The third kappa shape index (κ3) is 11.6. The number of rotatable bonds is 21. The predicted molar refractivity (Wildman–Crippen MR) is 168 cm³/mol. The second kappa shape index (κ2) is 20.2. The minimum atomic E-state index is -0.317. The van der Waals surface area contributed by atoms with Crippen LogP contribution in [0.25, 0.3) is 0 Å². The molecule has 230 valence electrons. The Bertz CT molecular complexity index is 1140. The molecule has 7 heteroatoms. The average Bonchev–Trinajstić information content (AvgIpc) is 3.01. The molecule has 42 heavy (non-hydrogen) atoms. The van der Waals surface area contributed by atoms with Crippen LogP contribution in [0, 0.1) is 0 Å². The van der Waals surface area contributed by atoms with Crippen LogP contribution in [0.3, 0.4) is 0 Å². The Morgan fingerprint density at radius 1 is 0.619 bits per heavy atom. The third-order valence-corrected chi connectivity index (χ3v) is 6.91. The zero-order chi connectivity index (χ0) is 30.6. The van der Waals surface area contributed by atoms with Crippen molar-refractivity contribution in [3.8, 4) is 28.7 Å². The highest BCUT2D eigenvalue weighted by Gasteiger charge is 2.20. The van der Waals surface area contributed by atoms with E-state index in [1.54, 1.807) is 30.3 Å². The van der Waals surface area contributed by atoms with Crippen molar-refractivity contribution in [1.82, 2.24) is 0 Å². The van der Waals surface area contributed by atoms with E-state index in [9.17, 15) is 9.59 Å². The van der Waals surface area contributed by atoms with Gasteiger partial charge in [0.15, 0.2) is 28.8 Å². The minimum absolute atomic E-state index is 0.268. The van der Waals surface area contributed by atoms with E-state index in [1.165, 1.54) is 60.5 Å². The number of allylic oxidation sites excluding steroid dienone is 4. The van der Waals surface area contributed by atoms with Crippen LogP contribution >= 0.6 is 0 Å². The van der Waals surface area contributed by atoms with Gasteiger partial charge in [-0.2, -0.15) is 0 Å². The maximum Gasteiger partial charge on any atom is 0.311 e. The van der Waals surface area contributed by atoms with Gasteiger partial charge in [-0.05, 0) is 68.9 Å². The quantitative estimate of drug-likeness (QED) is 0.0480. The number of esters is 1. The number of ether oxygens (including phenoxy) is 5. The van der Waals surface area contributed by atoms with Gasteiger partial charge in [0.25, 0.3) is 0 Å². The van der Waals surface area contributed by atoms with Gasteiger partial charge >= 0.3 is 5.97 Å². The van der Waals surface area contributed by atoms with E-state index >= 15 is 0 Å². The number of methoxy groups -OCH3 is 4. The topological polar surface area (TPSA) is 80.3 Å². The Hall–Kier alpha value is -3.74. The second-order valence-corrected chi connectivity index (χ2v) is 10.1. The highest BCUT2D eigenvalue weighted by molar-refractivity contribution is 6.10. The number of hydrogen-bond acceptors (Lipinski definition) is 7.